The van der Waals surface area contributed by atoms with Crippen LogP contribution in [0.15, 0.2) is 29.6 Å². The smallest absolute Gasteiger partial charge is 0.233 e. The van der Waals surface area contributed by atoms with Gasteiger partial charge in [0.25, 0.3) is 0 Å². The molecule has 1 aromatic carbocycles. The number of aromatic nitrogens is 1. The third-order valence-electron chi connectivity index (χ3n) is 4.97. The second kappa shape index (κ2) is 9.54. The molecule has 3 rings (SSSR count). The second-order valence-corrected chi connectivity index (χ2v) is 8.67. The van der Waals surface area contributed by atoms with Gasteiger partial charge in [0.1, 0.15) is 0 Å². The summed E-state index contributed by atoms with van der Waals surface area (Å²) < 4.78 is 21.7. The SMILES string of the molecule is O=C(Nc1nc(CO)cs1)C(CC1CCCC1)c1ccc(CS(=O)[O-])cc1. The zero-order chi connectivity index (χ0) is 19.2. The van der Waals surface area contributed by atoms with E-state index >= 15 is 0 Å². The first-order valence-corrected chi connectivity index (χ1v) is 11.2. The van der Waals surface area contributed by atoms with Gasteiger partial charge in [0.05, 0.1) is 18.2 Å². The van der Waals surface area contributed by atoms with E-state index in [-0.39, 0.29) is 24.2 Å². The normalized spacial score (nSPS) is 17.0. The van der Waals surface area contributed by atoms with Crippen molar-refractivity contribution < 1.29 is 18.7 Å². The summed E-state index contributed by atoms with van der Waals surface area (Å²) in [6, 6.07) is 7.24. The van der Waals surface area contributed by atoms with E-state index in [0.717, 1.165) is 24.8 Å². The fourth-order valence-corrected chi connectivity index (χ4v) is 4.75. The monoisotopic (exact) mass is 407 g/mol. The van der Waals surface area contributed by atoms with Gasteiger partial charge in [0, 0.05) is 11.1 Å². The van der Waals surface area contributed by atoms with Gasteiger partial charge in [-0.05, 0) is 23.5 Å². The Kier molecular flexibility index (Phi) is 7.12. The molecule has 1 heterocycles. The fraction of sp³-hybridized carbons (Fsp3) is 0.474. The zero-order valence-corrected chi connectivity index (χ0v) is 16.6. The topological polar surface area (TPSA) is 102 Å². The van der Waals surface area contributed by atoms with Gasteiger partial charge >= 0.3 is 0 Å². The molecule has 1 fully saturated rings. The van der Waals surface area contributed by atoms with Crippen LogP contribution in [-0.2, 0) is 28.2 Å². The van der Waals surface area contributed by atoms with E-state index in [4.69, 9.17) is 5.11 Å². The van der Waals surface area contributed by atoms with Gasteiger partial charge in [0.15, 0.2) is 5.13 Å². The molecule has 8 heteroatoms. The van der Waals surface area contributed by atoms with Crippen LogP contribution in [0.2, 0.25) is 0 Å². The molecular formula is C19H23N2O4S2-. The molecule has 1 aliphatic carbocycles. The Balaban J connectivity index is 1.76. The van der Waals surface area contributed by atoms with Crippen molar-refractivity contribution in [2.45, 2.75) is 50.4 Å². The van der Waals surface area contributed by atoms with Gasteiger partial charge in [-0.3, -0.25) is 9.00 Å². The third kappa shape index (κ3) is 5.68. The molecule has 2 N–H and O–H groups in total. The van der Waals surface area contributed by atoms with Crippen molar-refractivity contribution in [3.63, 3.8) is 0 Å². The van der Waals surface area contributed by atoms with Crippen LogP contribution in [0, 0.1) is 5.92 Å². The number of thiazole rings is 1. The summed E-state index contributed by atoms with van der Waals surface area (Å²) in [6.45, 7) is -0.152. The van der Waals surface area contributed by atoms with Crippen molar-refractivity contribution in [3.8, 4) is 0 Å². The van der Waals surface area contributed by atoms with E-state index in [1.807, 2.05) is 12.1 Å². The van der Waals surface area contributed by atoms with Crippen LogP contribution in [0.5, 0.6) is 0 Å². The Morgan fingerprint density at radius 3 is 2.63 bits per heavy atom. The predicted molar refractivity (Wildman–Crippen MR) is 105 cm³/mol. The average molecular weight is 408 g/mol. The van der Waals surface area contributed by atoms with Crippen molar-refractivity contribution >= 4 is 33.5 Å². The highest BCUT2D eigenvalue weighted by atomic mass is 32.2. The molecule has 1 aliphatic rings. The standard InChI is InChI=1S/C19H24N2O4S2/c22-10-16-11-26-19(20-16)21-18(23)17(9-13-3-1-2-4-13)15-7-5-14(6-8-15)12-27(24)25/h5-8,11,13,17,22H,1-4,9-10,12H2,(H,24,25)(H,20,21,23)/p-1. The Morgan fingerprint density at radius 2 is 2.04 bits per heavy atom. The zero-order valence-electron chi connectivity index (χ0n) is 14.9. The number of carbonyl (C=O) groups is 1. The van der Waals surface area contributed by atoms with Gasteiger partial charge in [-0.1, -0.05) is 61.0 Å². The van der Waals surface area contributed by atoms with Gasteiger partial charge < -0.3 is 15.0 Å². The molecule has 2 unspecified atom stereocenters. The number of anilines is 1. The van der Waals surface area contributed by atoms with Crippen LogP contribution in [0.4, 0.5) is 5.13 Å². The number of aliphatic hydroxyl groups excluding tert-OH is 1. The van der Waals surface area contributed by atoms with Crippen LogP contribution in [0.1, 0.15) is 54.8 Å². The molecule has 0 aliphatic heterocycles. The Bertz CT molecular complexity index is 785. The van der Waals surface area contributed by atoms with E-state index < -0.39 is 11.1 Å². The minimum absolute atomic E-state index is 0.0250. The number of nitrogens with one attached hydrogen (secondary N) is 1. The number of benzene rings is 1. The molecule has 1 saturated carbocycles. The number of nitrogens with zero attached hydrogens (tertiary/aromatic N) is 1. The van der Waals surface area contributed by atoms with E-state index in [2.05, 4.69) is 10.3 Å². The van der Waals surface area contributed by atoms with Crippen LogP contribution in [0.25, 0.3) is 0 Å². The van der Waals surface area contributed by atoms with Crippen LogP contribution >= 0.6 is 11.3 Å². The van der Waals surface area contributed by atoms with E-state index in [1.165, 1.54) is 24.2 Å². The molecule has 0 saturated heterocycles. The van der Waals surface area contributed by atoms with Crippen molar-refractivity contribution in [3.05, 3.63) is 46.5 Å². The highest BCUT2D eigenvalue weighted by Crippen LogP contribution is 2.35. The molecule has 0 radical (unpaired) electrons. The third-order valence-corrected chi connectivity index (χ3v) is 6.35. The molecule has 27 heavy (non-hydrogen) atoms. The lowest BCUT2D eigenvalue weighted by atomic mass is 9.87. The molecule has 1 amide bonds. The number of aliphatic hydroxyl groups is 1. The van der Waals surface area contributed by atoms with Crippen molar-refractivity contribution in [1.29, 1.82) is 0 Å². The van der Waals surface area contributed by atoms with Gasteiger partial charge in [-0.15, -0.1) is 11.3 Å². The minimum atomic E-state index is -2.13. The summed E-state index contributed by atoms with van der Waals surface area (Å²) in [5.74, 6) is 0.0872. The molecule has 146 valence electrons. The number of hydrogen-bond acceptors (Lipinski definition) is 6. The molecule has 2 aromatic rings. The Morgan fingerprint density at radius 1 is 1.33 bits per heavy atom. The minimum Gasteiger partial charge on any atom is -0.772 e. The second-order valence-electron chi connectivity index (χ2n) is 6.92. The number of rotatable bonds is 8. The van der Waals surface area contributed by atoms with E-state index in [0.29, 0.717) is 22.3 Å². The predicted octanol–water partition coefficient (Wildman–Crippen LogP) is 3.32. The average Bonchev–Trinajstić information content (AvgIpc) is 3.31. The fourth-order valence-electron chi connectivity index (χ4n) is 3.59. The van der Waals surface area contributed by atoms with Crippen LogP contribution < -0.4 is 5.32 Å². The maximum Gasteiger partial charge on any atom is 0.233 e. The molecule has 0 spiro atoms. The first kappa shape index (κ1) is 20.1. The van der Waals surface area contributed by atoms with Gasteiger partial charge in [-0.2, -0.15) is 0 Å². The number of hydrogen-bond donors (Lipinski definition) is 2. The molecule has 6 nitrogen and oxygen atoms in total. The summed E-state index contributed by atoms with van der Waals surface area (Å²) in [6.07, 6.45) is 5.47. The highest BCUT2D eigenvalue weighted by Gasteiger charge is 2.27. The summed E-state index contributed by atoms with van der Waals surface area (Å²) >= 11 is -0.833. The van der Waals surface area contributed by atoms with Crippen LogP contribution in [0.3, 0.4) is 0 Å². The summed E-state index contributed by atoms with van der Waals surface area (Å²) in [4.78, 5) is 17.1. The summed E-state index contributed by atoms with van der Waals surface area (Å²) in [5.41, 5.74) is 2.14. The van der Waals surface area contributed by atoms with E-state index in [9.17, 15) is 13.6 Å². The largest absolute Gasteiger partial charge is 0.772 e. The number of amides is 1. The van der Waals surface area contributed by atoms with Crippen LogP contribution in [-0.4, -0.2) is 24.8 Å². The molecular weight excluding hydrogens is 384 g/mol. The van der Waals surface area contributed by atoms with Crippen molar-refractivity contribution in [2.24, 2.45) is 5.92 Å². The van der Waals surface area contributed by atoms with Gasteiger partial charge in [0.2, 0.25) is 5.91 Å². The summed E-state index contributed by atoms with van der Waals surface area (Å²) in [7, 11) is 0. The lowest BCUT2D eigenvalue weighted by Crippen LogP contribution is -2.23. The maximum absolute atomic E-state index is 13.0. The molecule has 0 bridgehead atoms. The lowest BCUT2D eigenvalue weighted by molar-refractivity contribution is -0.118. The van der Waals surface area contributed by atoms with Gasteiger partial charge in [-0.25, -0.2) is 4.98 Å². The first-order valence-electron chi connectivity index (χ1n) is 9.06. The first-order chi connectivity index (χ1) is 13.0. The lowest BCUT2D eigenvalue weighted by Gasteiger charge is -2.20. The molecule has 1 aromatic heterocycles. The van der Waals surface area contributed by atoms with E-state index in [1.54, 1.807) is 17.5 Å². The number of carbonyl (C=O) groups excluding carboxylic acids is 1. The Hall–Kier alpha value is -1.61. The summed E-state index contributed by atoms with van der Waals surface area (Å²) in [5, 5.41) is 14.2. The maximum atomic E-state index is 13.0. The van der Waals surface area contributed by atoms with Crippen molar-refractivity contribution in [1.82, 2.24) is 4.98 Å². The molecule has 2 atom stereocenters. The Labute approximate surface area is 165 Å². The highest BCUT2D eigenvalue weighted by molar-refractivity contribution is 7.78. The quantitative estimate of drug-likeness (QED) is 0.654. The van der Waals surface area contributed by atoms with Crippen molar-refractivity contribution in [2.75, 3.05) is 5.32 Å².